The third-order valence-corrected chi connectivity index (χ3v) is 8.77. The number of halogens is 2. The highest BCUT2D eigenvalue weighted by Gasteiger charge is 2.19. The van der Waals surface area contributed by atoms with Gasteiger partial charge in [0.25, 0.3) is 0 Å². The molecule has 0 amide bonds. The van der Waals surface area contributed by atoms with Crippen LogP contribution in [-0.2, 0) is 34.4 Å². The lowest BCUT2D eigenvalue weighted by atomic mass is 10.0. The Morgan fingerprint density at radius 3 is 2.38 bits per heavy atom. The summed E-state index contributed by atoms with van der Waals surface area (Å²) >= 11 is 13.3. The highest BCUT2D eigenvalue weighted by Crippen LogP contribution is 2.36. The number of nitrogens with one attached hydrogen (secondary N) is 1. The van der Waals surface area contributed by atoms with Crippen molar-refractivity contribution in [3.63, 3.8) is 0 Å². The first-order valence-corrected chi connectivity index (χ1v) is 16.1. The maximum absolute atomic E-state index is 11.8. The Labute approximate surface area is 268 Å². The number of sulfone groups is 1. The molecule has 0 aliphatic rings. The summed E-state index contributed by atoms with van der Waals surface area (Å²) < 4.78 is 40.6. The zero-order chi connectivity index (χ0) is 32.1. The van der Waals surface area contributed by atoms with Crippen LogP contribution in [0, 0.1) is 0 Å². The first kappa shape index (κ1) is 32.2. The van der Waals surface area contributed by atoms with E-state index in [4.69, 9.17) is 37.3 Å². The van der Waals surface area contributed by atoms with Crippen molar-refractivity contribution < 1.29 is 37.5 Å². The van der Waals surface area contributed by atoms with Crippen molar-refractivity contribution >= 4 is 50.0 Å². The molecule has 0 radical (unpaired) electrons. The minimum atomic E-state index is -3.34. The predicted molar refractivity (Wildman–Crippen MR) is 167 cm³/mol. The molecule has 0 aliphatic carbocycles. The van der Waals surface area contributed by atoms with E-state index in [1.807, 2.05) is 18.2 Å². The molecule has 0 spiro atoms. The number of rotatable bonds is 13. The number of hydrogen-bond donors (Lipinski definition) is 3. The Morgan fingerprint density at radius 1 is 0.933 bits per heavy atom. The third kappa shape index (κ3) is 7.72. The molecular formula is C31H27Cl2N3O8S. The average molecular weight is 673 g/mol. The topological polar surface area (TPSA) is 161 Å². The van der Waals surface area contributed by atoms with Gasteiger partial charge in [-0.15, -0.1) is 0 Å². The first-order chi connectivity index (χ1) is 21.5. The van der Waals surface area contributed by atoms with Crippen molar-refractivity contribution in [2.75, 3.05) is 12.9 Å². The predicted octanol–water partition coefficient (Wildman–Crippen LogP) is 5.29. The van der Waals surface area contributed by atoms with Gasteiger partial charge >= 0.3 is 5.97 Å². The standard InChI is InChI=1S/C31H27Cl2N3O8S/c1-45(40,41)22-8-6-19(7-9-22)23-4-2-3-20(30(23)33)17-43-29-13-28(21(12-24(29)32)14-34-27(15-37)31(38)39)42-16-18-5-10-25-26(11-18)36-44-35-25/h2-13,27,34,37H,14-17H2,1H3,(H,38,39). The second-order valence-electron chi connectivity index (χ2n) is 10.1. The van der Waals surface area contributed by atoms with Gasteiger partial charge in [-0.25, -0.2) is 13.0 Å². The number of ether oxygens (including phenoxy) is 2. The number of aromatic nitrogens is 2. The molecule has 5 rings (SSSR count). The highest BCUT2D eigenvalue weighted by atomic mass is 35.5. The van der Waals surface area contributed by atoms with Crippen LogP contribution in [0.3, 0.4) is 0 Å². The van der Waals surface area contributed by atoms with E-state index < -0.39 is 28.5 Å². The lowest BCUT2D eigenvalue weighted by molar-refractivity contribution is -0.140. The van der Waals surface area contributed by atoms with Gasteiger partial charge in [0.1, 0.15) is 41.8 Å². The number of carboxylic acids is 1. The molecule has 1 atom stereocenters. The summed E-state index contributed by atoms with van der Waals surface area (Å²) in [4.78, 5) is 11.6. The van der Waals surface area contributed by atoms with Crippen molar-refractivity contribution in [1.82, 2.24) is 15.6 Å². The average Bonchev–Trinajstić information content (AvgIpc) is 3.48. The van der Waals surface area contributed by atoms with Crippen LogP contribution in [0.15, 0.2) is 82.3 Å². The van der Waals surface area contributed by atoms with Gasteiger partial charge in [0.2, 0.25) is 0 Å². The molecule has 0 aliphatic heterocycles. The summed E-state index contributed by atoms with van der Waals surface area (Å²) in [7, 11) is -3.34. The third-order valence-electron chi connectivity index (χ3n) is 6.90. The first-order valence-electron chi connectivity index (χ1n) is 13.5. The molecule has 45 heavy (non-hydrogen) atoms. The summed E-state index contributed by atoms with van der Waals surface area (Å²) in [5.41, 5.74) is 4.58. The number of carbonyl (C=O) groups is 1. The van der Waals surface area contributed by atoms with Crippen LogP contribution < -0.4 is 14.8 Å². The molecule has 3 N–H and O–H groups in total. The molecule has 234 valence electrons. The van der Waals surface area contributed by atoms with Crippen LogP contribution in [0.25, 0.3) is 22.2 Å². The van der Waals surface area contributed by atoms with Gasteiger partial charge in [0.15, 0.2) is 9.84 Å². The molecule has 1 unspecified atom stereocenters. The van der Waals surface area contributed by atoms with E-state index in [0.717, 1.165) is 17.4 Å². The quantitative estimate of drug-likeness (QED) is 0.149. The lowest BCUT2D eigenvalue weighted by Crippen LogP contribution is -2.39. The molecule has 1 aromatic heterocycles. The normalized spacial score (nSPS) is 12.3. The minimum absolute atomic E-state index is 0.0328. The summed E-state index contributed by atoms with van der Waals surface area (Å²) in [6.07, 6.45) is 1.15. The molecule has 0 bridgehead atoms. The molecular weight excluding hydrogens is 645 g/mol. The summed E-state index contributed by atoms with van der Waals surface area (Å²) in [6, 6.07) is 19.2. The summed E-state index contributed by atoms with van der Waals surface area (Å²) in [5, 5.41) is 29.8. The molecule has 0 saturated carbocycles. The molecule has 0 saturated heterocycles. The van der Waals surface area contributed by atoms with E-state index >= 15 is 0 Å². The van der Waals surface area contributed by atoms with E-state index in [9.17, 15) is 23.4 Å². The van der Waals surface area contributed by atoms with Gasteiger partial charge in [0.05, 0.1) is 21.5 Å². The van der Waals surface area contributed by atoms with Crippen LogP contribution >= 0.6 is 23.2 Å². The molecule has 11 nitrogen and oxygen atoms in total. The number of nitrogens with zero attached hydrogens (tertiary/aromatic N) is 2. The fourth-order valence-corrected chi connectivity index (χ4v) is 5.61. The van der Waals surface area contributed by atoms with Crippen molar-refractivity contribution in [3.8, 4) is 22.6 Å². The van der Waals surface area contributed by atoms with Gasteiger partial charge in [-0.05, 0) is 51.8 Å². The van der Waals surface area contributed by atoms with Gasteiger partial charge in [-0.3, -0.25) is 10.1 Å². The monoisotopic (exact) mass is 671 g/mol. The number of aliphatic hydroxyl groups excluding tert-OH is 1. The Balaban J connectivity index is 1.38. The Kier molecular flexibility index (Phi) is 9.90. The van der Waals surface area contributed by atoms with Crippen LogP contribution in [0.1, 0.15) is 16.7 Å². The number of fused-ring (bicyclic) bond motifs is 1. The summed E-state index contributed by atoms with van der Waals surface area (Å²) in [6.45, 7) is -0.392. The SMILES string of the molecule is CS(=O)(=O)c1ccc(-c2cccc(COc3cc(OCc4ccc5nonc5c4)c(CNC(CO)C(=O)O)cc3Cl)c2Cl)cc1. The van der Waals surface area contributed by atoms with Gasteiger partial charge in [-0.1, -0.05) is 59.6 Å². The van der Waals surface area contributed by atoms with E-state index in [0.29, 0.717) is 44.2 Å². The number of aliphatic hydroxyl groups is 1. The van der Waals surface area contributed by atoms with E-state index in [1.165, 1.54) is 12.1 Å². The Bertz CT molecular complexity index is 1950. The number of carboxylic acid groups (broad SMARTS) is 1. The van der Waals surface area contributed by atoms with Crippen molar-refractivity contribution in [3.05, 3.63) is 99.5 Å². The van der Waals surface area contributed by atoms with Crippen LogP contribution in [0.5, 0.6) is 11.5 Å². The van der Waals surface area contributed by atoms with Crippen LogP contribution in [-0.4, -0.2) is 53.8 Å². The van der Waals surface area contributed by atoms with Crippen LogP contribution in [0.2, 0.25) is 10.0 Å². The van der Waals surface area contributed by atoms with Crippen molar-refractivity contribution in [2.24, 2.45) is 0 Å². The van der Waals surface area contributed by atoms with E-state index in [2.05, 4.69) is 15.6 Å². The number of benzene rings is 4. The molecule has 14 heteroatoms. The molecule has 0 fully saturated rings. The van der Waals surface area contributed by atoms with Gasteiger partial charge in [-0.2, -0.15) is 0 Å². The zero-order valence-electron chi connectivity index (χ0n) is 23.7. The fourth-order valence-electron chi connectivity index (χ4n) is 4.45. The van der Waals surface area contributed by atoms with Crippen LogP contribution in [0.4, 0.5) is 0 Å². The van der Waals surface area contributed by atoms with Gasteiger partial charge < -0.3 is 19.7 Å². The maximum atomic E-state index is 11.8. The van der Waals surface area contributed by atoms with E-state index in [-0.39, 0.29) is 29.7 Å². The second kappa shape index (κ2) is 13.8. The molecule has 5 aromatic rings. The number of hydrogen-bond acceptors (Lipinski definition) is 10. The Hall–Kier alpha value is -4.20. The maximum Gasteiger partial charge on any atom is 0.323 e. The van der Waals surface area contributed by atoms with Crippen molar-refractivity contribution in [2.45, 2.75) is 30.7 Å². The lowest BCUT2D eigenvalue weighted by Gasteiger charge is -2.18. The largest absolute Gasteiger partial charge is 0.488 e. The fraction of sp³-hybridized carbons (Fsp3) is 0.194. The van der Waals surface area contributed by atoms with E-state index in [1.54, 1.807) is 42.5 Å². The second-order valence-corrected chi connectivity index (χ2v) is 12.9. The Morgan fingerprint density at radius 2 is 1.67 bits per heavy atom. The highest BCUT2D eigenvalue weighted by molar-refractivity contribution is 7.90. The number of aliphatic carboxylic acids is 1. The van der Waals surface area contributed by atoms with Gasteiger partial charge in [0, 0.05) is 35.6 Å². The molecule has 1 heterocycles. The summed E-state index contributed by atoms with van der Waals surface area (Å²) in [5.74, 6) is -0.540. The molecule has 4 aromatic carbocycles. The minimum Gasteiger partial charge on any atom is -0.488 e. The zero-order valence-corrected chi connectivity index (χ0v) is 26.1. The van der Waals surface area contributed by atoms with Crippen molar-refractivity contribution in [1.29, 1.82) is 0 Å². The smallest absolute Gasteiger partial charge is 0.323 e.